The number of rotatable bonds is 3. The zero-order chi connectivity index (χ0) is 19.7. The van der Waals surface area contributed by atoms with E-state index in [1.807, 2.05) is 0 Å². The van der Waals surface area contributed by atoms with E-state index < -0.39 is 5.97 Å². The first kappa shape index (κ1) is 17.8. The lowest BCUT2D eigenvalue weighted by molar-refractivity contribution is 0.0589. The van der Waals surface area contributed by atoms with Crippen molar-refractivity contribution in [2.75, 3.05) is 38.2 Å². The van der Waals surface area contributed by atoms with E-state index in [1.54, 1.807) is 40.9 Å². The molecule has 10 nitrogen and oxygen atoms in total. The molecule has 0 N–H and O–H groups in total. The molecule has 1 saturated heterocycles. The number of aryl methyl sites for hydroxylation is 1. The van der Waals surface area contributed by atoms with Crippen LogP contribution in [0.15, 0.2) is 30.6 Å². The molecule has 1 aromatic carbocycles. The van der Waals surface area contributed by atoms with Crippen molar-refractivity contribution in [3.05, 3.63) is 41.7 Å². The number of amides is 1. The summed E-state index contributed by atoms with van der Waals surface area (Å²) >= 11 is 0. The Morgan fingerprint density at radius 2 is 1.75 bits per heavy atom. The highest BCUT2D eigenvalue weighted by molar-refractivity contribution is 6.05. The van der Waals surface area contributed by atoms with E-state index in [0.717, 1.165) is 0 Å². The highest BCUT2D eigenvalue weighted by Crippen LogP contribution is 2.22. The minimum Gasteiger partial charge on any atom is -0.465 e. The van der Waals surface area contributed by atoms with Gasteiger partial charge in [-0.25, -0.2) is 19.4 Å². The Kier molecular flexibility index (Phi) is 4.60. The smallest absolute Gasteiger partial charge is 0.338 e. The van der Waals surface area contributed by atoms with Gasteiger partial charge in [-0.2, -0.15) is 0 Å². The average molecular weight is 381 g/mol. The zero-order valence-electron chi connectivity index (χ0n) is 15.6. The van der Waals surface area contributed by atoms with Gasteiger partial charge in [-0.1, -0.05) is 17.3 Å². The summed E-state index contributed by atoms with van der Waals surface area (Å²) in [5, 5.41) is 8.15. The molecule has 0 aliphatic carbocycles. The van der Waals surface area contributed by atoms with Crippen molar-refractivity contribution in [3.63, 3.8) is 0 Å². The van der Waals surface area contributed by atoms with Gasteiger partial charge in [0.05, 0.1) is 18.2 Å². The third-order valence-corrected chi connectivity index (χ3v) is 4.80. The minimum absolute atomic E-state index is 0.187. The number of fused-ring (bicyclic) bond motifs is 1. The van der Waals surface area contributed by atoms with E-state index in [1.165, 1.54) is 13.4 Å². The van der Waals surface area contributed by atoms with Crippen LogP contribution >= 0.6 is 0 Å². The standard InChI is InChI=1S/C18H19N7O3/c1-23-15-14(21-22-23)16(20-11-19-15)24-7-9-25(10-8-24)17(26)12-5-3-4-6-13(12)18(27)28-2/h3-6,11H,7-10H2,1-2H3. The Hall–Kier alpha value is -3.56. The summed E-state index contributed by atoms with van der Waals surface area (Å²) in [7, 11) is 3.08. The second-order valence-electron chi connectivity index (χ2n) is 6.40. The van der Waals surface area contributed by atoms with Gasteiger partial charge in [-0.05, 0) is 12.1 Å². The van der Waals surface area contributed by atoms with E-state index in [4.69, 9.17) is 4.74 Å². The fraction of sp³-hybridized carbons (Fsp3) is 0.333. The molecule has 1 aliphatic rings. The molecule has 28 heavy (non-hydrogen) atoms. The maximum absolute atomic E-state index is 12.9. The Morgan fingerprint density at radius 3 is 2.46 bits per heavy atom. The lowest BCUT2D eigenvalue weighted by atomic mass is 10.1. The number of methoxy groups -OCH3 is 1. The molecular formula is C18H19N7O3. The zero-order valence-corrected chi connectivity index (χ0v) is 15.6. The van der Waals surface area contributed by atoms with Gasteiger partial charge in [0, 0.05) is 33.2 Å². The van der Waals surface area contributed by atoms with Crippen molar-refractivity contribution in [2.45, 2.75) is 0 Å². The second-order valence-corrected chi connectivity index (χ2v) is 6.40. The maximum Gasteiger partial charge on any atom is 0.338 e. The third kappa shape index (κ3) is 3.02. The number of hydrogen-bond acceptors (Lipinski definition) is 8. The maximum atomic E-state index is 12.9. The molecule has 0 unspecified atom stereocenters. The van der Waals surface area contributed by atoms with Crippen LogP contribution in [0.3, 0.4) is 0 Å². The molecule has 1 fully saturated rings. The molecule has 1 aliphatic heterocycles. The van der Waals surface area contributed by atoms with Gasteiger partial charge >= 0.3 is 5.97 Å². The van der Waals surface area contributed by atoms with Crippen LogP contribution in [0.25, 0.3) is 11.2 Å². The van der Waals surface area contributed by atoms with Crippen molar-refractivity contribution >= 4 is 28.9 Å². The Balaban J connectivity index is 1.52. The van der Waals surface area contributed by atoms with Gasteiger partial charge in [-0.3, -0.25) is 4.79 Å². The topological polar surface area (TPSA) is 106 Å². The number of aromatic nitrogens is 5. The molecule has 2 aromatic heterocycles. The number of benzene rings is 1. The van der Waals surface area contributed by atoms with Gasteiger partial charge in [0.25, 0.3) is 5.91 Å². The van der Waals surface area contributed by atoms with Gasteiger partial charge in [0.1, 0.15) is 6.33 Å². The summed E-state index contributed by atoms with van der Waals surface area (Å²) < 4.78 is 6.39. The van der Waals surface area contributed by atoms with E-state index in [9.17, 15) is 9.59 Å². The van der Waals surface area contributed by atoms with Gasteiger partial charge < -0.3 is 14.5 Å². The molecule has 10 heteroatoms. The molecule has 144 valence electrons. The van der Waals surface area contributed by atoms with Gasteiger partial charge in [0.15, 0.2) is 17.0 Å². The predicted octanol–water partition coefficient (Wildman–Crippen LogP) is 0.507. The second kappa shape index (κ2) is 7.22. The molecule has 0 atom stereocenters. The molecular weight excluding hydrogens is 362 g/mol. The number of piperazine rings is 1. The molecule has 0 saturated carbocycles. The molecule has 0 bridgehead atoms. The monoisotopic (exact) mass is 381 g/mol. The van der Waals surface area contributed by atoms with Crippen LogP contribution in [0.4, 0.5) is 5.82 Å². The summed E-state index contributed by atoms with van der Waals surface area (Å²) in [6.45, 7) is 2.18. The first-order valence-electron chi connectivity index (χ1n) is 8.82. The minimum atomic E-state index is -0.520. The summed E-state index contributed by atoms with van der Waals surface area (Å²) in [6, 6.07) is 6.69. The summed E-state index contributed by atoms with van der Waals surface area (Å²) in [6.07, 6.45) is 1.49. The fourth-order valence-corrected chi connectivity index (χ4v) is 3.32. The van der Waals surface area contributed by atoms with Crippen molar-refractivity contribution in [1.29, 1.82) is 0 Å². The highest BCUT2D eigenvalue weighted by Gasteiger charge is 2.27. The largest absolute Gasteiger partial charge is 0.465 e. The Morgan fingerprint density at radius 1 is 1.04 bits per heavy atom. The number of hydrogen-bond donors (Lipinski definition) is 0. The first-order valence-corrected chi connectivity index (χ1v) is 8.82. The van der Waals surface area contributed by atoms with Crippen LogP contribution < -0.4 is 4.90 Å². The van der Waals surface area contributed by atoms with E-state index in [0.29, 0.717) is 48.7 Å². The number of ether oxygens (including phenoxy) is 1. The predicted molar refractivity (Wildman–Crippen MR) is 100.0 cm³/mol. The van der Waals surface area contributed by atoms with Crippen LogP contribution in [-0.2, 0) is 11.8 Å². The number of carbonyl (C=O) groups is 2. The Bertz CT molecular complexity index is 1040. The van der Waals surface area contributed by atoms with E-state index in [-0.39, 0.29) is 11.5 Å². The quantitative estimate of drug-likeness (QED) is 0.604. The summed E-state index contributed by atoms with van der Waals surface area (Å²) in [5.74, 6) is 0.00163. The summed E-state index contributed by atoms with van der Waals surface area (Å²) in [5.41, 5.74) is 1.92. The third-order valence-electron chi connectivity index (χ3n) is 4.80. The van der Waals surface area contributed by atoms with Gasteiger partial charge in [-0.15, -0.1) is 5.10 Å². The van der Waals surface area contributed by atoms with Crippen LogP contribution in [-0.4, -0.2) is 75.0 Å². The van der Waals surface area contributed by atoms with E-state index in [2.05, 4.69) is 25.2 Å². The van der Waals surface area contributed by atoms with Crippen molar-refractivity contribution in [1.82, 2.24) is 29.9 Å². The number of nitrogens with zero attached hydrogens (tertiary/aromatic N) is 7. The van der Waals surface area contributed by atoms with Gasteiger partial charge in [0.2, 0.25) is 0 Å². The van der Waals surface area contributed by atoms with Crippen LogP contribution in [0.1, 0.15) is 20.7 Å². The van der Waals surface area contributed by atoms with Crippen molar-refractivity contribution in [3.8, 4) is 0 Å². The lowest BCUT2D eigenvalue weighted by Crippen LogP contribution is -2.49. The SMILES string of the molecule is COC(=O)c1ccccc1C(=O)N1CCN(c2ncnc3c2nnn3C)CC1. The lowest BCUT2D eigenvalue weighted by Gasteiger charge is -2.35. The normalized spacial score (nSPS) is 14.4. The number of esters is 1. The van der Waals surface area contributed by atoms with Crippen molar-refractivity contribution in [2.24, 2.45) is 7.05 Å². The molecule has 3 aromatic rings. The fourth-order valence-electron chi connectivity index (χ4n) is 3.32. The van der Waals surface area contributed by atoms with Crippen LogP contribution in [0.2, 0.25) is 0 Å². The van der Waals surface area contributed by atoms with Crippen LogP contribution in [0.5, 0.6) is 0 Å². The number of anilines is 1. The summed E-state index contributed by atoms with van der Waals surface area (Å²) in [4.78, 5) is 37.3. The van der Waals surface area contributed by atoms with E-state index >= 15 is 0 Å². The Labute approximate surface area is 160 Å². The molecule has 0 radical (unpaired) electrons. The first-order chi connectivity index (χ1) is 13.6. The highest BCUT2D eigenvalue weighted by atomic mass is 16.5. The molecule has 1 amide bonds. The molecule has 4 rings (SSSR count). The average Bonchev–Trinajstić information content (AvgIpc) is 3.14. The molecule has 3 heterocycles. The molecule has 0 spiro atoms. The number of carbonyl (C=O) groups excluding carboxylic acids is 2. The van der Waals surface area contributed by atoms with Crippen LogP contribution in [0, 0.1) is 0 Å². The van der Waals surface area contributed by atoms with Crippen molar-refractivity contribution < 1.29 is 14.3 Å².